The minimum atomic E-state index is -0.457. The van der Waals surface area contributed by atoms with Crippen LogP contribution in [-0.2, 0) is 17.8 Å². The number of aryl methyl sites for hydroxylation is 1. The first-order chi connectivity index (χ1) is 12.8. The van der Waals surface area contributed by atoms with Crippen molar-refractivity contribution in [2.45, 2.75) is 58.2 Å². The Kier molecular flexibility index (Phi) is 5.99. The highest BCUT2D eigenvalue weighted by molar-refractivity contribution is 7.99. The number of amides is 1. The van der Waals surface area contributed by atoms with Gasteiger partial charge in [0.05, 0.1) is 5.75 Å². The van der Waals surface area contributed by atoms with E-state index in [-0.39, 0.29) is 11.7 Å². The van der Waals surface area contributed by atoms with Gasteiger partial charge in [0.15, 0.2) is 10.9 Å². The van der Waals surface area contributed by atoms with Gasteiger partial charge in [-0.3, -0.25) is 9.59 Å². The number of nitrogens with one attached hydrogen (secondary N) is 1. The van der Waals surface area contributed by atoms with E-state index in [1.165, 1.54) is 18.2 Å². The van der Waals surface area contributed by atoms with E-state index in [4.69, 9.17) is 0 Å². The molecule has 0 radical (unpaired) electrons. The van der Waals surface area contributed by atoms with Crippen LogP contribution < -0.4 is 5.32 Å². The Bertz CT molecular complexity index is 821. The van der Waals surface area contributed by atoms with Crippen molar-refractivity contribution >= 4 is 29.1 Å². The first kappa shape index (κ1) is 19.6. The standard InChI is InChI=1S/C20H26N4O2S/c1-20(2,3)18(26)21-15-10-8-14(9-11-15)16(25)13-27-19-23-22-17-7-5-4-6-12-24(17)19/h8-11H,4-7,12-13H2,1-3H3,(H,21,26). The van der Waals surface area contributed by atoms with E-state index in [9.17, 15) is 9.59 Å². The molecule has 1 aliphatic heterocycles. The number of Topliss-reactive ketones (excluding diaryl/α,β-unsaturated/α-hetero) is 1. The molecule has 0 aliphatic carbocycles. The molecule has 0 spiro atoms. The molecular weight excluding hydrogens is 360 g/mol. The SMILES string of the molecule is CC(C)(C)C(=O)Nc1ccc(C(=O)CSc2nnc3n2CCCCC3)cc1. The molecule has 1 N–H and O–H groups in total. The number of rotatable bonds is 5. The molecule has 0 bridgehead atoms. The molecule has 0 fully saturated rings. The second-order valence-corrected chi connectivity index (χ2v) is 8.80. The number of aromatic nitrogens is 3. The monoisotopic (exact) mass is 386 g/mol. The van der Waals surface area contributed by atoms with Crippen molar-refractivity contribution in [1.82, 2.24) is 14.8 Å². The van der Waals surface area contributed by atoms with Crippen LogP contribution in [0.2, 0.25) is 0 Å². The van der Waals surface area contributed by atoms with Gasteiger partial charge in [0.1, 0.15) is 5.82 Å². The first-order valence-corrected chi connectivity index (χ1v) is 10.3. The highest BCUT2D eigenvalue weighted by Crippen LogP contribution is 2.23. The fourth-order valence-electron chi connectivity index (χ4n) is 2.84. The van der Waals surface area contributed by atoms with E-state index >= 15 is 0 Å². The average Bonchev–Trinajstić information content (AvgIpc) is 2.85. The summed E-state index contributed by atoms with van der Waals surface area (Å²) in [7, 11) is 0. The first-order valence-electron chi connectivity index (χ1n) is 9.34. The van der Waals surface area contributed by atoms with E-state index in [2.05, 4.69) is 20.1 Å². The molecule has 0 saturated heterocycles. The molecule has 1 aromatic heterocycles. The molecule has 2 aromatic rings. The summed E-state index contributed by atoms with van der Waals surface area (Å²) in [5.74, 6) is 1.34. The summed E-state index contributed by atoms with van der Waals surface area (Å²) in [4.78, 5) is 24.5. The van der Waals surface area contributed by atoms with Gasteiger partial charge >= 0.3 is 0 Å². The molecule has 2 heterocycles. The quantitative estimate of drug-likeness (QED) is 0.622. The fourth-order valence-corrected chi connectivity index (χ4v) is 3.71. The van der Waals surface area contributed by atoms with Crippen molar-refractivity contribution in [3.63, 3.8) is 0 Å². The maximum Gasteiger partial charge on any atom is 0.229 e. The summed E-state index contributed by atoms with van der Waals surface area (Å²) < 4.78 is 2.15. The molecule has 0 atom stereocenters. The van der Waals surface area contributed by atoms with Crippen molar-refractivity contribution in [1.29, 1.82) is 0 Å². The van der Waals surface area contributed by atoms with Crippen LogP contribution in [0.1, 0.15) is 56.2 Å². The van der Waals surface area contributed by atoms with Crippen molar-refractivity contribution in [2.24, 2.45) is 5.41 Å². The zero-order chi connectivity index (χ0) is 19.4. The molecule has 1 aromatic carbocycles. The lowest BCUT2D eigenvalue weighted by Crippen LogP contribution is -2.27. The van der Waals surface area contributed by atoms with Crippen LogP contribution in [0, 0.1) is 5.41 Å². The lowest BCUT2D eigenvalue weighted by Gasteiger charge is -2.17. The van der Waals surface area contributed by atoms with Gasteiger partial charge in [-0.25, -0.2) is 0 Å². The Hall–Kier alpha value is -2.15. The lowest BCUT2D eigenvalue weighted by molar-refractivity contribution is -0.123. The summed E-state index contributed by atoms with van der Waals surface area (Å²) in [6.45, 7) is 6.52. The third kappa shape index (κ3) is 4.97. The summed E-state index contributed by atoms with van der Waals surface area (Å²) in [5.41, 5.74) is 0.871. The molecule has 144 valence electrons. The van der Waals surface area contributed by atoms with Crippen molar-refractivity contribution < 1.29 is 9.59 Å². The number of anilines is 1. The summed E-state index contributed by atoms with van der Waals surface area (Å²) >= 11 is 1.44. The molecule has 3 rings (SSSR count). The Morgan fingerprint density at radius 1 is 1.11 bits per heavy atom. The van der Waals surface area contributed by atoms with Crippen LogP contribution in [0.25, 0.3) is 0 Å². The van der Waals surface area contributed by atoms with Crippen LogP contribution in [0.15, 0.2) is 29.4 Å². The van der Waals surface area contributed by atoms with Crippen molar-refractivity contribution in [3.05, 3.63) is 35.7 Å². The van der Waals surface area contributed by atoms with Gasteiger partial charge < -0.3 is 9.88 Å². The molecular formula is C20H26N4O2S. The number of fused-ring (bicyclic) bond motifs is 1. The number of nitrogens with zero attached hydrogens (tertiary/aromatic N) is 3. The lowest BCUT2D eigenvalue weighted by atomic mass is 9.95. The van der Waals surface area contributed by atoms with Crippen molar-refractivity contribution in [3.8, 4) is 0 Å². The van der Waals surface area contributed by atoms with E-state index < -0.39 is 5.41 Å². The van der Waals surface area contributed by atoms with E-state index in [1.807, 2.05) is 20.8 Å². The Balaban J connectivity index is 1.59. The highest BCUT2D eigenvalue weighted by atomic mass is 32.2. The Labute approximate surface area is 164 Å². The summed E-state index contributed by atoms with van der Waals surface area (Å²) in [5, 5.41) is 12.2. The number of thioether (sulfide) groups is 1. The number of hydrogen-bond acceptors (Lipinski definition) is 5. The van der Waals surface area contributed by atoms with E-state index in [0.29, 0.717) is 17.0 Å². The van der Waals surface area contributed by atoms with Gasteiger partial charge in [-0.05, 0) is 37.1 Å². The fraction of sp³-hybridized carbons (Fsp3) is 0.500. The molecule has 1 aliphatic rings. The number of ketones is 1. The average molecular weight is 387 g/mol. The van der Waals surface area contributed by atoms with E-state index in [1.54, 1.807) is 24.3 Å². The predicted molar refractivity (Wildman–Crippen MR) is 107 cm³/mol. The highest BCUT2D eigenvalue weighted by Gasteiger charge is 2.21. The van der Waals surface area contributed by atoms with Crippen LogP contribution in [-0.4, -0.2) is 32.2 Å². The van der Waals surface area contributed by atoms with Crippen molar-refractivity contribution in [2.75, 3.05) is 11.1 Å². The number of carbonyl (C=O) groups is 2. The minimum absolute atomic E-state index is 0.0414. The second kappa shape index (κ2) is 8.25. The van der Waals surface area contributed by atoms with Crippen LogP contribution in [0.4, 0.5) is 5.69 Å². The molecule has 0 unspecified atom stereocenters. The van der Waals surface area contributed by atoms with Gasteiger partial charge in [-0.15, -0.1) is 10.2 Å². The molecule has 7 heteroatoms. The molecule has 0 saturated carbocycles. The maximum atomic E-state index is 12.5. The molecule has 27 heavy (non-hydrogen) atoms. The van der Waals surface area contributed by atoms with Crippen LogP contribution >= 0.6 is 11.8 Å². The topological polar surface area (TPSA) is 76.9 Å². The minimum Gasteiger partial charge on any atom is -0.326 e. The zero-order valence-electron chi connectivity index (χ0n) is 16.1. The molecule has 1 amide bonds. The van der Waals surface area contributed by atoms with Gasteiger partial charge in [0, 0.05) is 29.6 Å². The van der Waals surface area contributed by atoms with Crippen LogP contribution in [0.5, 0.6) is 0 Å². The number of carbonyl (C=O) groups excluding carboxylic acids is 2. The maximum absolute atomic E-state index is 12.5. The molecule has 6 nitrogen and oxygen atoms in total. The Morgan fingerprint density at radius 3 is 2.56 bits per heavy atom. The normalized spacial score (nSPS) is 14.3. The Morgan fingerprint density at radius 2 is 1.85 bits per heavy atom. The van der Waals surface area contributed by atoms with Gasteiger partial charge in [0.2, 0.25) is 5.91 Å². The predicted octanol–water partition coefficient (Wildman–Crippen LogP) is 3.96. The largest absolute Gasteiger partial charge is 0.326 e. The third-order valence-corrected chi connectivity index (χ3v) is 5.52. The second-order valence-electron chi connectivity index (χ2n) is 7.85. The van der Waals surface area contributed by atoms with Gasteiger partial charge in [-0.1, -0.05) is 39.0 Å². The smallest absolute Gasteiger partial charge is 0.229 e. The summed E-state index contributed by atoms with van der Waals surface area (Å²) in [6.07, 6.45) is 4.46. The van der Waals surface area contributed by atoms with Gasteiger partial charge in [-0.2, -0.15) is 0 Å². The van der Waals surface area contributed by atoms with Crippen LogP contribution in [0.3, 0.4) is 0 Å². The van der Waals surface area contributed by atoms with E-state index in [0.717, 1.165) is 36.8 Å². The van der Waals surface area contributed by atoms with Gasteiger partial charge in [0.25, 0.3) is 0 Å². The zero-order valence-corrected chi connectivity index (χ0v) is 16.9. The number of hydrogen-bond donors (Lipinski definition) is 1. The number of benzene rings is 1. The summed E-state index contributed by atoms with van der Waals surface area (Å²) in [6, 6.07) is 7.05. The third-order valence-electron chi connectivity index (χ3n) is 4.55.